The third-order valence-electron chi connectivity index (χ3n) is 4.03. The Bertz CT molecular complexity index is 342. The van der Waals surface area contributed by atoms with E-state index < -0.39 is 21.1 Å². The maximum absolute atomic E-state index is 11.6. The molecule has 1 saturated heterocycles. The first-order chi connectivity index (χ1) is 10.00. The minimum absolute atomic E-state index is 0.404. The Hall–Kier alpha value is 0.1000. The van der Waals surface area contributed by atoms with Crippen molar-refractivity contribution in [1.29, 1.82) is 0 Å². The van der Waals surface area contributed by atoms with Crippen LogP contribution in [0.4, 0.5) is 0 Å². The lowest BCUT2D eigenvalue weighted by Crippen LogP contribution is -2.27. The monoisotopic (exact) mass is 424 g/mol. The normalized spacial score (nSPS) is 20.8. The largest absolute Gasteiger partial charge is 0.391 e. The summed E-state index contributed by atoms with van der Waals surface area (Å²) in [6.45, 7) is 2.24. The number of rotatable bonds is 11. The van der Waals surface area contributed by atoms with Crippen molar-refractivity contribution in [2.24, 2.45) is 5.92 Å². The van der Waals surface area contributed by atoms with Crippen LogP contribution < -0.4 is 0 Å². The van der Waals surface area contributed by atoms with Gasteiger partial charge in [0.25, 0.3) is 0 Å². The summed E-state index contributed by atoms with van der Waals surface area (Å²) in [5.41, 5.74) is 0. The van der Waals surface area contributed by atoms with E-state index in [4.69, 9.17) is 0 Å². The number of ether oxygens (including phenoxy) is 1. The lowest BCUT2D eigenvalue weighted by Gasteiger charge is -2.15. The molecule has 5 heteroatoms. The molecule has 1 unspecified atom stereocenters. The van der Waals surface area contributed by atoms with E-state index >= 15 is 0 Å². The summed E-state index contributed by atoms with van der Waals surface area (Å²) < 4.78 is 3.66. The van der Waals surface area contributed by atoms with Gasteiger partial charge in [-0.25, -0.2) is 4.79 Å². The average molecular weight is 426 g/mol. The van der Waals surface area contributed by atoms with Crippen LogP contribution in [0.25, 0.3) is 0 Å². The summed E-state index contributed by atoms with van der Waals surface area (Å²) in [5, 5.41) is 0. The number of hydrogen-bond donors (Lipinski definition) is 0. The van der Waals surface area contributed by atoms with Crippen LogP contribution in [0.1, 0.15) is 77.6 Å². The van der Waals surface area contributed by atoms with E-state index in [0.29, 0.717) is 6.42 Å². The van der Waals surface area contributed by atoms with E-state index in [0.717, 1.165) is 12.8 Å². The Balaban J connectivity index is 2.02. The van der Waals surface area contributed by atoms with Gasteiger partial charge in [-0.2, -0.15) is 0 Å². The highest BCUT2D eigenvalue weighted by molar-refractivity contribution is 9.26. The molecule has 122 valence electrons. The number of alkyl halides is 2. The molecule has 0 N–H and O–H groups in total. The van der Waals surface area contributed by atoms with Crippen LogP contribution in [-0.4, -0.2) is 15.2 Å². The number of hydrogen-bond acceptors (Lipinski definition) is 3. The third-order valence-corrected chi connectivity index (χ3v) is 5.79. The SMILES string of the molecule is CCCCCCCCCCCCC1C(=O)OC(=O)C1(Br)Br. The average Bonchev–Trinajstić information content (AvgIpc) is 2.62. The molecule has 0 radical (unpaired) electrons. The zero-order valence-corrected chi connectivity index (χ0v) is 16.0. The number of unbranched alkanes of at least 4 members (excludes halogenated alkanes) is 9. The molecule has 0 spiro atoms. The molecule has 1 fully saturated rings. The lowest BCUT2D eigenvalue weighted by atomic mass is 9.98. The molecule has 0 bridgehead atoms. The molecule has 21 heavy (non-hydrogen) atoms. The van der Waals surface area contributed by atoms with Gasteiger partial charge in [-0.3, -0.25) is 4.79 Å². The van der Waals surface area contributed by atoms with Gasteiger partial charge in [0.2, 0.25) is 0 Å². The molecule has 0 aromatic heterocycles. The van der Waals surface area contributed by atoms with Crippen LogP contribution in [0.2, 0.25) is 0 Å². The molecule has 3 nitrogen and oxygen atoms in total. The Morgan fingerprint density at radius 3 is 1.81 bits per heavy atom. The van der Waals surface area contributed by atoms with Gasteiger partial charge in [-0.05, 0) is 6.42 Å². The molecule has 0 aliphatic carbocycles. The van der Waals surface area contributed by atoms with Gasteiger partial charge >= 0.3 is 11.9 Å². The highest BCUT2D eigenvalue weighted by atomic mass is 79.9. The Labute approximate surface area is 144 Å². The van der Waals surface area contributed by atoms with Crippen LogP contribution in [-0.2, 0) is 14.3 Å². The molecular weight excluding hydrogens is 400 g/mol. The van der Waals surface area contributed by atoms with Gasteiger partial charge in [0.1, 0.15) is 0 Å². The number of carbonyl (C=O) groups excluding carboxylic acids is 2. The number of carbonyl (C=O) groups is 2. The number of esters is 2. The van der Waals surface area contributed by atoms with Crippen LogP contribution in [0.15, 0.2) is 0 Å². The summed E-state index contributed by atoms with van der Waals surface area (Å²) in [6.07, 6.45) is 13.3. The summed E-state index contributed by atoms with van der Waals surface area (Å²) >= 11 is 6.52. The fourth-order valence-electron chi connectivity index (χ4n) is 2.66. The van der Waals surface area contributed by atoms with Gasteiger partial charge in [0, 0.05) is 0 Å². The van der Waals surface area contributed by atoms with E-state index in [1.165, 1.54) is 51.4 Å². The van der Waals surface area contributed by atoms with Crippen molar-refractivity contribution in [2.75, 3.05) is 0 Å². The predicted molar refractivity (Wildman–Crippen MR) is 91.6 cm³/mol. The molecule has 1 aliphatic rings. The van der Waals surface area contributed by atoms with Crippen LogP contribution in [0, 0.1) is 5.92 Å². The number of cyclic esters (lactones) is 2. The Morgan fingerprint density at radius 2 is 1.38 bits per heavy atom. The second-order valence-corrected chi connectivity index (χ2v) is 9.42. The second-order valence-electron chi connectivity index (χ2n) is 5.85. The molecule has 1 rings (SSSR count). The maximum atomic E-state index is 11.6. The quantitative estimate of drug-likeness (QED) is 0.190. The first-order valence-corrected chi connectivity index (χ1v) is 9.72. The van der Waals surface area contributed by atoms with Crippen molar-refractivity contribution in [1.82, 2.24) is 0 Å². The molecule has 1 atom stereocenters. The van der Waals surface area contributed by atoms with Crippen molar-refractivity contribution >= 4 is 43.8 Å². The standard InChI is InChI=1S/C16H26Br2O3/c1-2-3-4-5-6-7-8-9-10-11-12-13-14(19)21-15(20)16(13,17)18/h13H,2-12H2,1H3. The third kappa shape index (κ3) is 6.39. The van der Waals surface area contributed by atoms with E-state index in [1.54, 1.807) is 0 Å². The summed E-state index contributed by atoms with van der Waals surface area (Å²) in [4.78, 5) is 23.1. The van der Waals surface area contributed by atoms with Crippen LogP contribution in [0.3, 0.4) is 0 Å². The molecular formula is C16H26Br2O3. The van der Waals surface area contributed by atoms with Gasteiger partial charge < -0.3 is 4.74 Å². The minimum Gasteiger partial charge on any atom is -0.391 e. The van der Waals surface area contributed by atoms with Crippen molar-refractivity contribution in [2.45, 2.75) is 80.8 Å². The van der Waals surface area contributed by atoms with Gasteiger partial charge in [-0.15, -0.1) is 0 Å². The smallest absolute Gasteiger partial charge is 0.342 e. The summed E-state index contributed by atoms with van der Waals surface area (Å²) in [7, 11) is 0. The van der Waals surface area contributed by atoms with Gasteiger partial charge in [0.05, 0.1) is 5.92 Å². The first-order valence-electron chi connectivity index (χ1n) is 8.14. The van der Waals surface area contributed by atoms with Crippen molar-refractivity contribution in [3.63, 3.8) is 0 Å². The molecule has 1 heterocycles. The van der Waals surface area contributed by atoms with E-state index in [-0.39, 0.29) is 0 Å². The Kier molecular flexibility index (Phi) is 9.10. The predicted octanol–water partition coefficient (Wildman–Crippen LogP) is 5.48. The molecule has 1 aliphatic heterocycles. The lowest BCUT2D eigenvalue weighted by molar-refractivity contribution is -0.153. The molecule has 0 saturated carbocycles. The van der Waals surface area contributed by atoms with E-state index in [2.05, 4.69) is 43.5 Å². The van der Waals surface area contributed by atoms with Crippen molar-refractivity contribution in [3.8, 4) is 0 Å². The number of halogens is 2. The van der Waals surface area contributed by atoms with E-state index in [9.17, 15) is 9.59 Å². The summed E-state index contributed by atoms with van der Waals surface area (Å²) in [6, 6.07) is 0. The fourth-order valence-corrected chi connectivity index (χ4v) is 3.65. The highest BCUT2D eigenvalue weighted by Gasteiger charge is 2.54. The molecule has 0 aromatic carbocycles. The highest BCUT2D eigenvalue weighted by Crippen LogP contribution is 2.44. The van der Waals surface area contributed by atoms with Crippen LogP contribution >= 0.6 is 31.9 Å². The minimum atomic E-state index is -1.00. The molecule has 0 aromatic rings. The second kappa shape index (κ2) is 9.98. The molecule has 0 amide bonds. The topological polar surface area (TPSA) is 43.4 Å². The Morgan fingerprint density at radius 1 is 0.905 bits per heavy atom. The van der Waals surface area contributed by atoms with Gasteiger partial charge in [-0.1, -0.05) is 103 Å². The van der Waals surface area contributed by atoms with Crippen molar-refractivity contribution in [3.05, 3.63) is 0 Å². The first kappa shape index (κ1) is 19.1. The maximum Gasteiger partial charge on any atom is 0.342 e. The van der Waals surface area contributed by atoms with Crippen LogP contribution in [0.5, 0.6) is 0 Å². The van der Waals surface area contributed by atoms with Gasteiger partial charge in [0.15, 0.2) is 3.23 Å². The zero-order chi connectivity index (χ0) is 15.7. The summed E-state index contributed by atoms with van der Waals surface area (Å²) in [5.74, 6) is -1.34. The van der Waals surface area contributed by atoms with E-state index in [1.807, 2.05) is 0 Å². The zero-order valence-electron chi connectivity index (χ0n) is 12.8. The van der Waals surface area contributed by atoms with Crippen molar-refractivity contribution < 1.29 is 14.3 Å². The fraction of sp³-hybridized carbons (Fsp3) is 0.875.